The number of amides is 1. The molecule has 1 fully saturated rings. The van der Waals surface area contributed by atoms with E-state index in [-0.39, 0.29) is 17.9 Å². The molecule has 170 valence electrons. The van der Waals surface area contributed by atoms with Crippen molar-refractivity contribution in [2.45, 2.75) is 38.9 Å². The molecule has 0 bridgehead atoms. The van der Waals surface area contributed by atoms with Gasteiger partial charge in [-0.25, -0.2) is 4.52 Å². The number of nitrogens with zero attached hydrogens (tertiary/aromatic N) is 6. The third-order valence-corrected chi connectivity index (χ3v) is 6.18. The summed E-state index contributed by atoms with van der Waals surface area (Å²) in [7, 11) is 0. The number of fused-ring (bicyclic) bond motifs is 1. The predicted octanol–water partition coefficient (Wildman–Crippen LogP) is 2.76. The molecule has 1 saturated heterocycles. The molecule has 1 unspecified atom stereocenters. The van der Waals surface area contributed by atoms with Crippen LogP contribution in [0, 0.1) is 0 Å². The van der Waals surface area contributed by atoms with Gasteiger partial charge < -0.3 is 11.1 Å². The molecule has 33 heavy (non-hydrogen) atoms. The fourth-order valence-corrected chi connectivity index (χ4v) is 4.10. The minimum absolute atomic E-state index is 0.0571. The van der Waals surface area contributed by atoms with Crippen LogP contribution in [0.15, 0.2) is 55.0 Å². The first-order chi connectivity index (χ1) is 16.0. The average molecular weight is 445 g/mol. The SMILES string of the molecule is CCC(C)NC(=O)c1cc(-c2cnn(C3CN(Cc4ccccc4)C3)c2)cn2nc(N)nc12. The highest BCUT2D eigenvalue weighted by Gasteiger charge is 2.29. The quantitative estimate of drug-likeness (QED) is 0.454. The van der Waals surface area contributed by atoms with Gasteiger partial charge in [-0.3, -0.25) is 14.4 Å². The highest BCUT2D eigenvalue weighted by atomic mass is 16.1. The molecule has 4 aromatic rings. The molecule has 3 aromatic heterocycles. The van der Waals surface area contributed by atoms with E-state index in [0.717, 1.165) is 37.2 Å². The lowest BCUT2D eigenvalue weighted by atomic mass is 10.1. The van der Waals surface area contributed by atoms with Crippen molar-refractivity contribution in [3.05, 3.63) is 66.1 Å². The number of hydrogen-bond acceptors (Lipinski definition) is 6. The molecule has 1 aliphatic rings. The Morgan fingerprint density at radius 3 is 2.76 bits per heavy atom. The third kappa shape index (κ3) is 4.31. The standard InChI is InChI=1S/C24H28N8O/c1-3-16(2)27-23(33)21-9-18(12-32-22(21)28-24(25)29-32)19-10-26-31(13-19)20-14-30(15-20)11-17-7-5-4-6-8-17/h4-10,12-13,16,20H,3,11,14-15H2,1-2H3,(H2,25,29)(H,27,33). The first kappa shape index (κ1) is 21.1. The maximum atomic E-state index is 12.9. The molecule has 9 heteroatoms. The lowest BCUT2D eigenvalue weighted by Crippen LogP contribution is -2.47. The summed E-state index contributed by atoms with van der Waals surface area (Å²) in [5.41, 5.74) is 9.79. The number of rotatable bonds is 7. The topological polar surface area (TPSA) is 106 Å². The van der Waals surface area contributed by atoms with Gasteiger partial charge in [0, 0.05) is 49.2 Å². The van der Waals surface area contributed by atoms with E-state index in [4.69, 9.17) is 5.73 Å². The van der Waals surface area contributed by atoms with E-state index < -0.39 is 0 Å². The summed E-state index contributed by atoms with van der Waals surface area (Å²) >= 11 is 0. The molecule has 4 heterocycles. The number of nitrogens with one attached hydrogen (secondary N) is 1. The average Bonchev–Trinajstić information content (AvgIpc) is 3.41. The van der Waals surface area contributed by atoms with Gasteiger partial charge in [0.25, 0.3) is 5.91 Å². The number of nitrogen functional groups attached to an aromatic ring is 1. The van der Waals surface area contributed by atoms with Gasteiger partial charge in [0.15, 0.2) is 5.65 Å². The zero-order valence-electron chi connectivity index (χ0n) is 18.8. The van der Waals surface area contributed by atoms with Crippen LogP contribution in [0.3, 0.4) is 0 Å². The first-order valence-electron chi connectivity index (χ1n) is 11.3. The maximum Gasteiger partial charge on any atom is 0.255 e. The lowest BCUT2D eigenvalue weighted by molar-refractivity contribution is 0.0909. The van der Waals surface area contributed by atoms with E-state index in [1.165, 1.54) is 5.56 Å². The van der Waals surface area contributed by atoms with E-state index in [2.05, 4.69) is 49.7 Å². The summed E-state index contributed by atoms with van der Waals surface area (Å²) in [6.45, 7) is 6.86. The summed E-state index contributed by atoms with van der Waals surface area (Å²) < 4.78 is 3.58. The largest absolute Gasteiger partial charge is 0.366 e. The van der Waals surface area contributed by atoms with Crippen molar-refractivity contribution in [2.24, 2.45) is 0 Å². The normalized spacial score (nSPS) is 15.5. The number of benzene rings is 1. The van der Waals surface area contributed by atoms with Crippen molar-refractivity contribution in [1.82, 2.24) is 34.6 Å². The molecule has 9 nitrogen and oxygen atoms in total. The summed E-state index contributed by atoms with van der Waals surface area (Å²) in [6.07, 6.45) is 6.54. The second-order valence-electron chi connectivity index (χ2n) is 8.71. The van der Waals surface area contributed by atoms with Crippen LogP contribution in [-0.2, 0) is 6.54 Å². The van der Waals surface area contributed by atoms with Crippen LogP contribution in [0.5, 0.6) is 0 Å². The molecular formula is C24H28N8O. The van der Waals surface area contributed by atoms with Gasteiger partial charge in [-0.15, -0.1) is 5.10 Å². The van der Waals surface area contributed by atoms with Crippen molar-refractivity contribution in [3.8, 4) is 11.1 Å². The van der Waals surface area contributed by atoms with E-state index in [0.29, 0.717) is 17.3 Å². The Kier molecular flexibility index (Phi) is 5.55. The Bertz CT molecular complexity index is 1270. The van der Waals surface area contributed by atoms with Crippen molar-refractivity contribution in [3.63, 3.8) is 0 Å². The smallest absolute Gasteiger partial charge is 0.255 e. The van der Waals surface area contributed by atoms with Crippen molar-refractivity contribution < 1.29 is 4.79 Å². The van der Waals surface area contributed by atoms with Crippen LogP contribution >= 0.6 is 0 Å². The fraction of sp³-hybridized carbons (Fsp3) is 0.333. The van der Waals surface area contributed by atoms with Gasteiger partial charge in [0.1, 0.15) is 0 Å². The summed E-state index contributed by atoms with van der Waals surface area (Å²) in [4.78, 5) is 19.6. The minimum Gasteiger partial charge on any atom is -0.366 e. The Morgan fingerprint density at radius 1 is 1.21 bits per heavy atom. The molecule has 0 saturated carbocycles. The monoisotopic (exact) mass is 444 g/mol. The number of aromatic nitrogens is 5. The van der Waals surface area contributed by atoms with Gasteiger partial charge in [-0.05, 0) is 25.0 Å². The minimum atomic E-state index is -0.188. The Hall–Kier alpha value is -3.72. The van der Waals surface area contributed by atoms with Gasteiger partial charge in [-0.2, -0.15) is 10.1 Å². The lowest BCUT2D eigenvalue weighted by Gasteiger charge is -2.39. The van der Waals surface area contributed by atoms with Crippen molar-refractivity contribution >= 4 is 17.5 Å². The van der Waals surface area contributed by atoms with Crippen LogP contribution in [0.25, 0.3) is 16.8 Å². The number of hydrogen-bond donors (Lipinski definition) is 2. The molecule has 0 aliphatic carbocycles. The van der Waals surface area contributed by atoms with E-state index in [1.54, 1.807) is 4.52 Å². The second-order valence-corrected chi connectivity index (χ2v) is 8.71. The molecule has 5 rings (SSSR count). The molecule has 0 spiro atoms. The number of nitrogens with two attached hydrogens (primary N) is 1. The van der Waals surface area contributed by atoms with Gasteiger partial charge in [0.2, 0.25) is 5.95 Å². The summed E-state index contributed by atoms with van der Waals surface area (Å²) in [5, 5.41) is 11.8. The van der Waals surface area contributed by atoms with Crippen molar-refractivity contribution in [2.75, 3.05) is 18.8 Å². The summed E-state index contributed by atoms with van der Waals surface area (Å²) in [5.74, 6) is -0.0556. The van der Waals surface area contributed by atoms with Crippen LogP contribution in [0.1, 0.15) is 42.2 Å². The van der Waals surface area contributed by atoms with Crippen LogP contribution in [0.2, 0.25) is 0 Å². The maximum absolute atomic E-state index is 12.9. The molecule has 1 atom stereocenters. The second kappa shape index (κ2) is 8.67. The highest BCUT2D eigenvalue weighted by molar-refractivity contribution is 6.01. The van der Waals surface area contributed by atoms with E-state index in [9.17, 15) is 4.79 Å². The number of carbonyl (C=O) groups is 1. The Labute approximate surface area is 192 Å². The first-order valence-corrected chi connectivity index (χ1v) is 11.3. The van der Waals surface area contributed by atoms with Crippen LogP contribution in [-0.4, -0.2) is 54.3 Å². The van der Waals surface area contributed by atoms with Gasteiger partial charge in [0.05, 0.1) is 17.8 Å². The van der Waals surface area contributed by atoms with Crippen molar-refractivity contribution in [1.29, 1.82) is 0 Å². The predicted molar refractivity (Wildman–Crippen MR) is 127 cm³/mol. The molecule has 1 amide bonds. The Balaban J connectivity index is 1.35. The van der Waals surface area contributed by atoms with Gasteiger partial charge in [-0.1, -0.05) is 37.3 Å². The molecular weight excluding hydrogens is 416 g/mol. The molecule has 1 aliphatic heterocycles. The number of pyridine rings is 1. The van der Waals surface area contributed by atoms with Crippen LogP contribution in [0.4, 0.5) is 5.95 Å². The van der Waals surface area contributed by atoms with E-state index >= 15 is 0 Å². The number of carbonyl (C=O) groups excluding carboxylic acids is 1. The van der Waals surface area contributed by atoms with Gasteiger partial charge >= 0.3 is 0 Å². The zero-order valence-corrected chi connectivity index (χ0v) is 18.8. The molecule has 0 radical (unpaired) electrons. The highest BCUT2D eigenvalue weighted by Crippen LogP contribution is 2.27. The fourth-order valence-electron chi connectivity index (χ4n) is 4.10. The molecule has 3 N–H and O–H groups in total. The zero-order chi connectivity index (χ0) is 22.9. The number of anilines is 1. The third-order valence-electron chi connectivity index (χ3n) is 6.18. The van der Waals surface area contributed by atoms with Crippen LogP contribution < -0.4 is 11.1 Å². The summed E-state index contributed by atoms with van der Waals surface area (Å²) in [6, 6.07) is 12.7. The Morgan fingerprint density at radius 2 is 2.00 bits per heavy atom. The molecule has 1 aromatic carbocycles. The number of likely N-dealkylation sites (tertiary alicyclic amines) is 1. The van der Waals surface area contributed by atoms with E-state index in [1.807, 2.05) is 49.3 Å².